The topological polar surface area (TPSA) is 86.8 Å². The molecular weight excluding hydrogens is 504 g/mol. The lowest BCUT2D eigenvalue weighted by molar-refractivity contribution is -0.139. The highest BCUT2D eigenvalue weighted by molar-refractivity contribution is 7.92. The van der Waals surface area contributed by atoms with E-state index in [-0.39, 0.29) is 34.1 Å². The first-order chi connectivity index (χ1) is 15.8. The van der Waals surface area contributed by atoms with Gasteiger partial charge >= 0.3 is 0 Å². The van der Waals surface area contributed by atoms with E-state index in [0.29, 0.717) is 12.1 Å². The van der Waals surface area contributed by atoms with E-state index >= 15 is 0 Å². The van der Waals surface area contributed by atoms with Crippen LogP contribution in [0.5, 0.6) is 0 Å². The minimum absolute atomic E-state index is 0.0245. The van der Waals surface area contributed by atoms with E-state index < -0.39 is 34.3 Å². The molecule has 2 aromatic rings. The third kappa shape index (κ3) is 8.14. The monoisotopic (exact) mass is 531 g/mol. The molecule has 186 valence electrons. The fourth-order valence-corrected chi connectivity index (χ4v) is 4.47. The molecular formula is C23H28Cl2FN3O4S. The molecule has 34 heavy (non-hydrogen) atoms. The van der Waals surface area contributed by atoms with Crippen LogP contribution in [0.25, 0.3) is 0 Å². The second-order valence-electron chi connectivity index (χ2n) is 8.36. The van der Waals surface area contributed by atoms with Crippen LogP contribution < -0.4 is 9.62 Å². The first-order valence-corrected chi connectivity index (χ1v) is 13.1. The molecule has 0 aromatic heterocycles. The highest BCUT2D eigenvalue weighted by Gasteiger charge is 2.30. The standard InChI is InChI=1S/C23H28Cl2FN3O4S/c1-15(2)12-27-23(31)16(3)28(13-17-5-7-20(26)8-6-17)22(30)14-29(34(4,32)33)21-10-18(24)9-19(25)11-21/h5-11,15-16H,12-14H2,1-4H3,(H,27,31). The van der Waals surface area contributed by atoms with E-state index in [1.54, 1.807) is 6.92 Å². The number of anilines is 1. The number of rotatable bonds is 10. The third-order valence-electron chi connectivity index (χ3n) is 4.93. The lowest BCUT2D eigenvalue weighted by Crippen LogP contribution is -2.51. The van der Waals surface area contributed by atoms with Crippen LogP contribution in [0.2, 0.25) is 10.0 Å². The molecule has 0 aliphatic rings. The van der Waals surface area contributed by atoms with Crippen molar-refractivity contribution in [2.24, 2.45) is 5.92 Å². The first-order valence-electron chi connectivity index (χ1n) is 10.5. The molecule has 2 amide bonds. The largest absolute Gasteiger partial charge is 0.354 e. The fraction of sp³-hybridized carbons (Fsp3) is 0.391. The summed E-state index contributed by atoms with van der Waals surface area (Å²) in [5.41, 5.74) is 0.696. The average molecular weight is 532 g/mol. The molecule has 0 heterocycles. The van der Waals surface area contributed by atoms with E-state index in [2.05, 4.69) is 5.32 Å². The second-order valence-corrected chi connectivity index (χ2v) is 11.1. The molecule has 1 N–H and O–H groups in total. The van der Waals surface area contributed by atoms with Gasteiger partial charge in [0.15, 0.2) is 0 Å². The molecule has 0 saturated carbocycles. The van der Waals surface area contributed by atoms with Gasteiger partial charge in [-0.3, -0.25) is 13.9 Å². The summed E-state index contributed by atoms with van der Waals surface area (Å²) in [7, 11) is -3.91. The van der Waals surface area contributed by atoms with E-state index in [1.165, 1.54) is 47.4 Å². The van der Waals surface area contributed by atoms with E-state index in [4.69, 9.17) is 23.2 Å². The summed E-state index contributed by atoms with van der Waals surface area (Å²) in [6, 6.07) is 8.78. The quantitative estimate of drug-likeness (QED) is 0.500. The Morgan fingerprint density at radius 1 is 1.03 bits per heavy atom. The Morgan fingerprint density at radius 2 is 1.59 bits per heavy atom. The molecule has 0 aliphatic carbocycles. The number of benzene rings is 2. The van der Waals surface area contributed by atoms with Gasteiger partial charge in [-0.1, -0.05) is 49.2 Å². The van der Waals surface area contributed by atoms with Crippen molar-refractivity contribution in [3.05, 3.63) is 63.9 Å². The number of carbonyl (C=O) groups is 2. The summed E-state index contributed by atoms with van der Waals surface area (Å²) >= 11 is 12.1. The molecule has 2 rings (SSSR count). The maximum absolute atomic E-state index is 13.4. The molecule has 0 radical (unpaired) electrons. The molecule has 2 aromatic carbocycles. The van der Waals surface area contributed by atoms with Gasteiger partial charge in [-0.2, -0.15) is 0 Å². The number of carbonyl (C=O) groups excluding carboxylic acids is 2. The Kier molecular flexibility index (Phi) is 9.73. The van der Waals surface area contributed by atoms with Crippen LogP contribution in [0, 0.1) is 11.7 Å². The highest BCUT2D eigenvalue weighted by atomic mass is 35.5. The smallest absolute Gasteiger partial charge is 0.244 e. The lowest BCUT2D eigenvalue weighted by Gasteiger charge is -2.31. The minimum atomic E-state index is -3.91. The van der Waals surface area contributed by atoms with Crippen molar-refractivity contribution in [2.45, 2.75) is 33.4 Å². The van der Waals surface area contributed by atoms with Crippen molar-refractivity contribution in [1.29, 1.82) is 0 Å². The van der Waals surface area contributed by atoms with Crippen molar-refractivity contribution in [3.8, 4) is 0 Å². The number of nitrogens with one attached hydrogen (secondary N) is 1. The number of sulfonamides is 1. The maximum atomic E-state index is 13.4. The SMILES string of the molecule is CC(C)CNC(=O)C(C)N(Cc1ccc(F)cc1)C(=O)CN(c1cc(Cl)cc(Cl)c1)S(C)(=O)=O. The predicted octanol–water partition coefficient (Wildman–Crippen LogP) is 4.09. The molecule has 0 bridgehead atoms. The summed E-state index contributed by atoms with van der Waals surface area (Å²) < 4.78 is 39.3. The summed E-state index contributed by atoms with van der Waals surface area (Å²) in [6.07, 6.45) is 0.957. The van der Waals surface area contributed by atoms with Gasteiger partial charge in [0, 0.05) is 23.1 Å². The maximum Gasteiger partial charge on any atom is 0.244 e. The normalized spacial score (nSPS) is 12.4. The summed E-state index contributed by atoms with van der Waals surface area (Å²) in [5, 5.41) is 3.19. The van der Waals surface area contributed by atoms with Crippen LogP contribution in [0.15, 0.2) is 42.5 Å². The molecule has 0 saturated heterocycles. The molecule has 11 heteroatoms. The molecule has 1 atom stereocenters. The lowest BCUT2D eigenvalue weighted by atomic mass is 10.1. The van der Waals surface area contributed by atoms with Gasteiger partial charge in [0.2, 0.25) is 21.8 Å². The van der Waals surface area contributed by atoms with E-state index in [1.807, 2.05) is 13.8 Å². The minimum Gasteiger partial charge on any atom is -0.354 e. The van der Waals surface area contributed by atoms with Crippen LogP contribution in [0.4, 0.5) is 10.1 Å². The Bertz CT molecular complexity index is 1110. The molecule has 0 spiro atoms. The van der Waals surface area contributed by atoms with Gasteiger partial charge in [-0.25, -0.2) is 12.8 Å². The first kappa shape index (κ1) is 27.9. The Balaban J connectivity index is 2.39. The third-order valence-corrected chi connectivity index (χ3v) is 6.51. The van der Waals surface area contributed by atoms with Gasteiger partial charge in [-0.15, -0.1) is 0 Å². The van der Waals surface area contributed by atoms with Crippen LogP contribution in [-0.2, 0) is 26.2 Å². The highest BCUT2D eigenvalue weighted by Crippen LogP contribution is 2.27. The van der Waals surface area contributed by atoms with Gasteiger partial charge in [0.25, 0.3) is 0 Å². The Morgan fingerprint density at radius 3 is 2.09 bits per heavy atom. The van der Waals surface area contributed by atoms with Crippen LogP contribution >= 0.6 is 23.2 Å². The van der Waals surface area contributed by atoms with E-state index in [9.17, 15) is 22.4 Å². The Hall–Kier alpha value is -2.36. The summed E-state index contributed by atoms with van der Waals surface area (Å²) in [5.74, 6) is -1.25. The van der Waals surface area contributed by atoms with Gasteiger partial charge in [-0.05, 0) is 48.7 Å². The molecule has 1 unspecified atom stereocenters. The number of halogens is 3. The van der Waals surface area contributed by atoms with Crippen molar-refractivity contribution in [2.75, 3.05) is 23.7 Å². The van der Waals surface area contributed by atoms with Crippen molar-refractivity contribution >= 4 is 50.7 Å². The molecule has 0 aliphatic heterocycles. The van der Waals surface area contributed by atoms with Gasteiger partial charge in [0.1, 0.15) is 18.4 Å². The average Bonchev–Trinajstić information content (AvgIpc) is 2.73. The Labute approximate surface area is 209 Å². The molecule has 0 fully saturated rings. The summed E-state index contributed by atoms with van der Waals surface area (Å²) in [4.78, 5) is 27.4. The zero-order chi connectivity index (χ0) is 25.6. The van der Waals surface area contributed by atoms with Crippen molar-refractivity contribution in [3.63, 3.8) is 0 Å². The molecule has 7 nitrogen and oxygen atoms in total. The van der Waals surface area contributed by atoms with E-state index in [0.717, 1.165) is 10.6 Å². The van der Waals surface area contributed by atoms with Crippen LogP contribution in [0.3, 0.4) is 0 Å². The van der Waals surface area contributed by atoms with Crippen LogP contribution in [-0.4, -0.2) is 50.5 Å². The van der Waals surface area contributed by atoms with Crippen molar-refractivity contribution in [1.82, 2.24) is 10.2 Å². The van der Waals surface area contributed by atoms with Crippen LogP contribution in [0.1, 0.15) is 26.3 Å². The number of hydrogen-bond donors (Lipinski definition) is 1. The fourth-order valence-electron chi connectivity index (χ4n) is 3.12. The number of amides is 2. The zero-order valence-corrected chi connectivity index (χ0v) is 21.7. The number of hydrogen-bond acceptors (Lipinski definition) is 4. The number of nitrogens with zero attached hydrogens (tertiary/aromatic N) is 2. The zero-order valence-electron chi connectivity index (χ0n) is 19.4. The van der Waals surface area contributed by atoms with Gasteiger partial charge < -0.3 is 10.2 Å². The van der Waals surface area contributed by atoms with Crippen molar-refractivity contribution < 1.29 is 22.4 Å². The van der Waals surface area contributed by atoms with Gasteiger partial charge in [0.05, 0.1) is 11.9 Å². The predicted molar refractivity (Wildman–Crippen MR) is 133 cm³/mol. The summed E-state index contributed by atoms with van der Waals surface area (Å²) in [6.45, 7) is 5.23. The second kappa shape index (κ2) is 11.9.